The number of carbonyl (C=O) groups is 1. The van der Waals surface area contributed by atoms with Crippen molar-refractivity contribution in [1.82, 2.24) is 24.2 Å². The van der Waals surface area contributed by atoms with Gasteiger partial charge in [-0.05, 0) is 25.5 Å². The van der Waals surface area contributed by atoms with Crippen LogP contribution in [0.15, 0.2) is 48.8 Å². The summed E-state index contributed by atoms with van der Waals surface area (Å²) in [5.74, 6) is 0.989. The summed E-state index contributed by atoms with van der Waals surface area (Å²) >= 11 is 0. The van der Waals surface area contributed by atoms with E-state index in [2.05, 4.69) is 26.8 Å². The number of rotatable bonds is 3. The molecule has 4 rings (SSSR count). The van der Waals surface area contributed by atoms with Gasteiger partial charge in [-0.25, -0.2) is 4.98 Å². The van der Waals surface area contributed by atoms with Gasteiger partial charge in [0, 0.05) is 24.6 Å². The van der Waals surface area contributed by atoms with E-state index in [0.717, 1.165) is 29.3 Å². The number of hydrogen-bond donors (Lipinski definition) is 0. The first-order valence-electron chi connectivity index (χ1n) is 8.47. The molecule has 0 bridgehead atoms. The molecule has 0 saturated carbocycles. The lowest BCUT2D eigenvalue weighted by Gasteiger charge is -2.36. The largest absolute Gasteiger partial charge is 0.331 e. The van der Waals surface area contributed by atoms with Gasteiger partial charge in [0.2, 0.25) is 5.91 Å². The average Bonchev–Trinajstić information content (AvgIpc) is 3.20. The van der Waals surface area contributed by atoms with Crippen molar-refractivity contribution in [3.63, 3.8) is 0 Å². The summed E-state index contributed by atoms with van der Waals surface area (Å²) < 4.78 is 3.91. The summed E-state index contributed by atoms with van der Waals surface area (Å²) in [6.07, 6.45) is 3.78. The van der Waals surface area contributed by atoms with Crippen LogP contribution in [0.4, 0.5) is 0 Å². The molecule has 3 aromatic rings. The molecule has 0 radical (unpaired) electrons. The smallest absolute Gasteiger partial charge is 0.245 e. The van der Waals surface area contributed by atoms with Crippen molar-refractivity contribution in [1.29, 1.82) is 0 Å². The Balaban J connectivity index is 1.65. The molecule has 25 heavy (non-hydrogen) atoms. The highest BCUT2D eigenvalue weighted by Crippen LogP contribution is 2.29. The van der Waals surface area contributed by atoms with Crippen LogP contribution in [0.2, 0.25) is 0 Å². The molecule has 0 unspecified atom stereocenters. The van der Waals surface area contributed by atoms with E-state index in [0.29, 0.717) is 6.54 Å². The molecular formula is C19H21N5O. The van der Waals surface area contributed by atoms with Crippen LogP contribution < -0.4 is 0 Å². The number of carbonyl (C=O) groups excluding carboxylic acids is 1. The fraction of sp³-hybridized carbons (Fsp3) is 0.316. The quantitative estimate of drug-likeness (QED) is 0.739. The Morgan fingerprint density at radius 2 is 2.04 bits per heavy atom. The zero-order chi connectivity index (χ0) is 17.4. The molecule has 0 aliphatic carbocycles. The molecule has 2 aromatic heterocycles. The highest BCUT2D eigenvalue weighted by atomic mass is 16.2. The van der Waals surface area contributed by atoms with E-state index in [4.69, 9.17) is 0 Å². The normalized spacial score (nSPS) is 16.7. The van der Waals surface area contributed by atoms with Gasteiger partial charge in [-0.1, -0.05) is 30.3 Å². The van der Waals surface area contributed by atoms with Crippen LogP contribution in [0, 0.1) is 13.8 Å². The first-order valence-corrected chi connectivity index (χ1v) is 8.47. The summed E-state index contributed by atoms with van der Waals surface area (Å²) in [6.45, 7) is 5.42. The lowest BCUT2D eigenvalue weighted by molar-refractivity contribution is -0.136. The van der Waals surface area contributed by atoms with Crippen LogP contribution in [-0.2, 0) is 24.4 Å². The fourth-order valence-corrected chi connectivity index (χ4v) is 3.48. The van der Waals surface area contributed by atoms with Crippen LogP contribution in [0.5, 0.6) is 0 Å². The summed E-state index contributed by atoms with van der Waals surface area (Å²) in [5, 5.41) is 4.43. The van der Waals surface area contributed by atoms with E-state index in [1.165, 1.54) is 0 Å². The van der Waals surface area contributed by atoms with E-state index in [9.17, 15) is 4.79 Å². The maximum Gasteiger partial charge on any atom is 0.245 e. The molecule has 1 aliphatic rings. The Morgan fingerprint density at radius 3 is 2.76 bits per heavy atom. The summed E-state index contributed by atoms with van der Waals surface area (Å²) in [7, 11) is 0. The minimum absolute atomic E-state index is 0.00682. The Bertz CT molecular complexity index is 896. The van der Waals surface area contributed by atoms with Gasteiger partial charge < -0.3 is 9.47 Å². The van der Waals surface area contributed by atoms with Gasteiger partial charge in [-0.3, -0.25) is 9.48 Å². The molecule has 0 saturated heterocycles. The number of imidazole rings is 1. The molecule has 0 N–H and O–H groups in total. The van der Waals surface area contributed by atoms with E-state index >= 15 is 0 Å². The molecule has 6 heteroatoms. The second-order valence-electron chi connectivity index (χ2n) is 6.53. The highest BCUT2D eigenvalue weighted by Gasteiger charge is 2.31. The standard InChI is InChI=1S/C19H21N5O/c1-14-10-15(2)24(21-14)13-19(25)23-12-18-20-8-9-22(18)11-17(23)16-6-4-3-5-7-16/h3-10,17H,11-13H2,1-2H3/t17-/m0/s1. The number of benzene rings is 1. The van der Waals surface area contributed by atoms with Crippen LogP contribution in [0.1, 0.15) is 28.8 Å². The monoisotopic (exact) mass is 335 g/mol. The topological polar surface area (TPSA) is 56.0 Å². The Labute approximate surface area is 146 Å². The number of hydrogen-bond acceptors (Lipinski definition) is 3. The summed E-state index contributed by atoms with van der Waals surface area (Å²) in [6, 6.07) is 12.2. The van der Waals surface area contributed by atoms with Crippen molar-refractivity contribution in [2.45, 2.75) is 39.5 Å². The lowest BCUT2D eigenvalue weighted by atomic mass is 10.0. The second-order valence-corrected chi connectivity index (χ2v) is 6.53. The Hall–Kier alpha value is -2.89. The minimum atomic E-state index is 0.00682. The summed E-state index contributed by atoms with van der Waals surface area (Å²) in [4.78, 5) is 19.4. The average molecular weight is 335 g/mol. The third-order valence-electron chi connectivity index (χ3n) is 4.75. The zero-order valence-electron chi connectivity index (χ0n) is 14.5. The SMILES string of the molecule is Cc1cc(C)n(CC(=O)N2Cc3nccn3C[C@H]2c2ccccc2)n1. The molecule has 1 atom stereocenters. The first kappa shape index (κ1) is 15.6. The molecule has 0 fully saturated rings. The van der Waals surface area contributed by atoms with E-state index in [1.807, 2.05) is 49.2 Å². The zero-order valence-corrected chi connectivity index (χ0v) is 14.5. The molecule has 128 valence electrons. The van der Waals surface area contributed by atoms with E-state index in [1.54, 1.807) is 10.9 Å². The van der Waals surface area contributed by atoms with Gasteiger partial charge >= 0.3 is 0 Å². The predicted octanol–water partition coefficient (Wildman–Crippen LogP) is 2.48. The predicted molar refractivity (Wildman–Crippen MR) is 93.7 cm³/mol. The number of aromatic nitrogens is 4. The molecule has 6 nitrogen and oxygen atoms in total. The molecule has 1 amide bonds. The van der Waals surface area contributed by atoms with Crippen molar-refractivity contribution in [2.24, 2.45) is 0 Å². The number of aryl methyl sites for hydroxylation is 2. The maximum absolute atomic E-state index is 13.1. The molecule has 3 heterocycles. The van der Waals surface area contributed by atoms with Gasteiger partial charge in [-0.2, -0.15) is 5.10 Å². The van der Waals surface area contributed by atoms with Crippen LogP contribution >= 0.6 is 0 Å². The van der Waals surface area contributed by atoms with Crippen molar-refractivity contribution >= 4 is 5.91 Å². The second kappa shape index (κ2) is 6.20. The van der Waals surface area contributed by atoms with Crippen molar-refractivity contribution in [2.75, 3.05) is 0 Å². The highest BCUT2D eigenvalue weighted by molar-refractivity contribution is 5.76. The molecule has 1 aliphatic heterocycles. The Morgan fingerprint density at radius 1 is 1.24 bits per heavy atom. The number of nitrogens with zero attached hydrogens (tertiary/aromatic N) is 5. The number of fused-ring (bicyclic) bond motifs is 1. The van der Waals surface area contributed by atoms with Crippen LogP contribution in [-0.4, -0.2) is 30.1 Å². The van der Waals surface area contributed by atoms with Gasteiger partial charge in [-0.15, -0.1) is 0 Å². The van der Waals surface area contributed by atoms with Gasteiger partial charge in [0.25, 0.3) is 0 Å². The molecular weight excluding hydrogens is 314 g/mol. The molecule has 1 aromatic carbocycles. The van der Waals surface area contributed by atoms with Gasteiger partial charge in [0.1, 0.15) is 12.4 Å². The summed E-state index contributed by atoms with van der Waals surface area (Å²) in [5.41, 5.74) is 3.07. The van der Waals surface area contributed by atoms with Crippen molar-refractivity contribution in [3.8, 4) is 0 Å². The van der Waals surface area contributed by atoms with Crippen LogP contribution in [0.3, 0.4) is 0 Å². The molecule has 0 spiro atoms. The van der Waals surface area contributed by atoms with Gasteiger partial charge in [0.05, 0.1) is 18.3 Å². The lowest BCUT2D eigenvalue weighted by Crippen LogP contribution is -2.42. The fourth-order valence-electron chi connectivity index (χ4n) is 3.48. The first-order chi connectivity index (χ1) is 12.1. The van der Waals surface area contributed by atoms with E-state index < -0.39 is 0 Å². The maximum atomic E-state index is 13.1. The van der Waals surface area contributed by atoms with Crippen molar-refractivity contribution < 1.29 is 4.79 Å². The number of amides is 1. The van der Waals surface area contributed by atoms with Crippen molar-refractivity contribution in [3.05, 3.63) is 71.6 Å². The van der Waals surface area contributed by atoms with E-state index in [-0.39, 0.29) is 18.5 Å². The van der Waals surface area contributed by atoms with Gasteiger partial charge in [0.15, 0.2) is 0 Å². The third kappa shape index (κ3) is 2.95. The van der Waals surface area contributed by atoms with Crippen LogP contribution in [0.25, 0.3) is 0 Å². The Kier molecular flexibility index (Phi) is 3.87. The third-order valence-corrected chi connectivity index (χ3v) is 4.75. The minimum Gasteiger partial charge on any atom is -0.331 e.